The molecule has 0 saturated heterocycles. The summed E-state index contributed by atoms with van der Waals surface area (Å²) in [4.78, 5) is 13.4. The summed E-state index contributed by atoms with van der Waals surface area (Å²) in [6.45, 7) is 4.04. The Balaban J connectivity index is 2.97. The summed E-state index contributed by atoms with van der Waals surface area (Å²) in [6.07, 6.45) is -1.83. The molecule has 4 nitrogen and oxygen atoms in total. The predicted octanol–water partition coefficient (Wildman–Crippen LogP) is 2.57. The van der Waals surface area contributed by atoms with E-state index in [1.807, 2.05) is 13.8 Å². The van der Waals surface area contributed by atoms with Gasteiger partial charge in [0.25, 0.3) is 12.3 Å². The molecular formula is C12H18BrF2N3O. The predicted molar refractivity (Wildman–Crippen MR) is 73.0 cm³/mol. The van der Waals surface area contributed by atoms with Crippen LogP contribution in [-0.4, -0.2) is 45.4 Å². The molecule has 0 aromatic carbocycles. The van der Waals surface area contributed by atoms with E-state index in [0.717, 1.165) is 10.6 Å². The molecule has 1 heterocycles. The van der Waals surface area contributed by atoms with Crippen LogP contribution >= 0.6 is 15.9 Å². The Labute approximate surface area is 119 Å². The van der Waals surface area contributed by atoms with Gasteiger partial charge in [-0.2, -0.15) is 5.10 Å². The quantitative estimate of drug-likeness (QED) is 0.717. The summed E-state index contributed by atoms with van der Waals surface area (Å²) in [7, 11) is 0. The fourth-order valence-electron chi connectivity index (χ4n) is 1.76. The lowest BCUT2D eigenvalue weighted by atomic mass is 10.2. The highest BCUT2D eigenvalue weighted by Gasteiger charge is 2.22. The first-order chi connectivity index (χ1) is 9.03. The van der Waals surface area contributed by atoms with Crippen LogP contribution in [0.2, 0.25) is 0 Å². The van der Waals surface area contributed by atoms with Gasteiger partial charge in [0.05, 0.1) is 12.2 Å². The minimum Gasteiger partial charge on any atom is -0.331 e. The molecule has 0 aliphatic heterocycles. The van der Waals surface area contributed by atoms with E-state index in [1.54, 1.807) is 10.7 Å². The molecule has 19 heavy (non-hydrogen) atoms. The van der Waals surface area contributed by atoms with Crippen molar-refractivity contribution in [3.05, 3.63) is 17.5 Å². The van der Waals surface area contributed by atoms with Gasteiger partial charge in [0.15, 0.2) is 0 Å². The highest BCUT2D eigenvalue weighted by molar-refractivity contribution is 9.09. The van der Waals surface area contributed by atoms with Crippen LogP contribution < -0.4 is 0 Å². The number of carbonyl (C=O) groups is 1. The van der Waals surface area contributed by atoms with Crippen molar-refractivity contribution in [3.63, 3.8) is 0 Å². The number of hydrogen-bond acceptors (Lipinski definition) is 2. The Hall–Kier alpha value is -0.980. The van der Waals surface area contributed by atoms with Crippen molar-refractivity contribution in [1.82, 2.24) is 14.7 Å². The zero-order valence-electron chi connectivity index (χ0n) is 11.1. The van der Waals surface area contributed by atoms with Crippen LogP contribution in [0, 0.1) is 0 Å². The highest BCUT2D eigenvalue weighted by atomic mass is 79.9. The molecule has 0 fully saturated rings. The number of hydrogen-bond donors (Lipinski definition) is 0. The maximum Gasteiger partial charge on any atom is 0.272 e. The van der Waals surface area contributed by atoms with Crippen molar-refractivity contribution in [2.75, 3.05) is 18.4 Å². The first-order valence-corrected chi connectivity index (χ1v) is 7.35. The minimum atomic E-state index is -2.54. The monoisotopic (exact) mass is 337 g/mol. The molecule has 0 spiro atoms. The van der Waals surface area contributed by atoms with Gasteiger partial charge in [0.1, 0.15) is 5.69 Å². The Morgan fingerprint density at radius 2 is 2.21 bits per heavy atom. The maximum absolute atomic E-state index is 12.5. The summed E-state index contributed by atoms with van der Waals surface area (Å²) in [5.41, 5.74) is 1.17. The molecular weight excluding hydrogens is 320 g/mol. The van der Waals surface area contributed by atoms with Gasteiger partial charge in [-0.15, -0.1) is 0 Å². The van der Waals surface area contributed by atoms with Gasteiger partial charge in [-0.3, -0.25) is 9.48 Å². The molecule has 0 saturated carbocycles. The zero-order chi connectivity index (χ0) is 14.4. The Morgan fingerprint density at radius 1 is 1.53 bits per heavy atom. The summed E-state index contributed by atoms with van der Waals surface area (Å²) in [6, 6.07) is 1.68. The molecule has 1 aromatic rings. The van der Waals surface area contributed by atoms with Crippen molar-refractivity contribution in [2.24, 2.45) is 0 Å². The average molecular weight is 338 g/mol. The fraction of sp³-hybridized carbons (Fsp3) is 0.667. The van der Waals surface area contributed by atoms with E-state index in [9.17, 15) is 13.6 Å². The van der Waals surface area contributed by atoms with Gasteiger partial charge in [0, 0.05) is 18.4 Å². The Morgan fingerprint density at radius 3 is 2.68 bits per heavy atom. The summed E-state index contributed by atoms with van der Waals surface area (Å²) >= 11 is 3.17. The molecule has 108 valence electrons. The number of alkyl halides is 3. The van der Waals surface area contributed by atoms with Crippen molar-refractivity contribution in [3.8, 4) is 0 Å². The minimum absolute atomic E-state index is 0.250. The third kappa shape index (κ3) is 4.26. The molecule has 0 aliphatic carbocycles. The topological polar surface area (TPSA) is 38.1 Å². The molecule has 0 bridgehead atoms. The SMILES string of the molecule is CCc1cc(C(=O)N(CCBr)CC(F)F)n(CC)n1. The number of nitrogens with zero attached hydrogens (tertiary/aromatic N) is 3. The van der Waals surface area contributed by atoms with Crippen LogP contribution in [-0.2, 0) is 13.0 Å². The van der Waals surface area contributed by atoms with Gasteiger partial charge in [-0.05, 0) is 19.4 Å². The highest BCUT2D eigenvalue weighted by Crippen LogP contribution is 2.11. The third-order valence-corrected chi connectivity index (χ3v) is 3.07. The van der Waals surface area contributed by atoms with E-state index < -0.39 is 18.9 Å². The zero-order valence-corrected chi connectivity index (χ0v) is 12.7. The molecule has 0 radical (unpaired) electrons. The first-order valence-electron chi connectivity index (χ1n) is 6.23. The van der Waals surface area contributed by atoms with Crippen molar-refractivity contribution < 1.29 is 13.6 Å². The molecule has 0 atom stereocenters. The van der Waals surface area contributed by atoms with E-state index >= 15 is 0 Å². The first kappa shape index (κ1) is 16.1. The number of aryl methyl sites for hydroxylation is 2. The van der Waals surface area contributed by atoms with Gasteiger partial charge in [0.2, 0.25) is 0 Å². The second-order valence-corrected chi connectivity index (χ2v) is 4.81. The molecule has 7 heteroatoms. The van der Waals surface area contributed by atoms with E-state index in [1.165, 1.54) is 0 Å². The van der Waals surface area contributed by atoms with Crippen LogP contribution in [0.25, 0.3) is 0 Å². The Kier molecular flexibility index (Phi) is 6.41. The smallest absolute Gasteiger partial charge is 0.272 e. The lowest BCUT2D eigenvalue weighted by Gasteiger charge is -2.21. The molecule has 0 aliphatic rings. The van der Waals surface area contributed by atoms with Crippen molar-refractivity contribution in [1.29, 1.82) is 0 Å². The molecule has 1 aromatic heterocycles. The van der Waals surface area contributed by atoms with E-state index in [4.69, 9.17) is 0 Å². The van der Waals surface area contributed by atoms with Gasteiger partial charge in [-0.25, -0.2) is 8.78 Å². The van der Waals surface area contributed by atoms with Crippen molar-refractivity contribution >= 4 is 21.8 Å². The molecule has 0 unspecified atom stereocenters. The summed E-state index contributed by atoms with van der Waals surface area (Å²) in [5.74, 6) is -0.395. The lowest BCUT2D eigenvalue weighted by Crippen LogP contribution is -2.37. The van der Waals surface area contributed by atoms with Crippen LogP contribution in [0.5, 0.6) is 0 Å². The van der Waals surface area contributed by atoms with E-state index in [0.29, 0.717) is 24.0 Å². The van der Waals surface area contributed by atoms with Crippen LogP contribution in [0.3, 0.4) is 0 Å². The lowest BCUT2D eigenvalue weighted by molar-refractivity contribution is 0.0562. The van der Waals surface area contributed by atoms with Gasteiger partial charge < -0.3 is 4.90 Å². The van der Waals surface area contributed by atoms with Crippen LogP contribution in [0.4, 0.5) is 8.78 Å². The number of rotatable bonds is 7. The normalized spacial score (nSPS) is 11.1. The fourth-order valence-corrected chi connectivity index (χ4v) is 2.19. The average Bonchev–Trinajstić information content (AvgIpc) is 2.80. The van der Waals surface area contributed by atoms with E-state index in [2.05, 4.69) is 21.0 Å². The number of halogens is 3. The molecule has 0 N–H and O–H groups in total. The summed E-state index contributed by atoms with van der Waals surface area (Å²) < 4.78 is 26.6. The van der Waals surface area contributed by atoms with Gasteiger partial charge in [-0.1, -0.05) is 22.9 Å². The largest absolute Gasteiger partial charge is 0.331 e. The second-order valence-electron chi connectivity index (χ2n) is 4.02. The third-order valence-electron chi connectivity index (χ3n) is 2.71. The summed E-state index contributed by atoms with van der Waals surface area (Å²) in [5, 5.41) is 4.72. The standard InChI is InChI=1S/C12H18BrF2N3O/c1-3-9-7-10(18(4-2)16-9)12(19)17(6-5-13)8-11(14)15/h7,11H,3-6,8H2,1-2H3. The molecule has 1 amide bonds. The number of amides is 1. The molecule has 1 rings (SSSR count). The van der Waals surface area contributed by atoms with E-state index in [-0.39, 0.29) is 6.54 Å². The Bertz CT molecular complexity index is 423. The van der Waals surface area contributed by atoms with Crippen molar-refractivity contribution in [2.45, 2.75) is 33.2 Å². The van der Waals surface area contributed by atoms with Crippen LogP contribution in [0.15, 0.2) is 6.07 Å². The second kappa shape index (κ2) is 7.57. The van der Waals surface area contributed by atoms with Crippen LogP contribution in [0.1, 0.15) is 30.0 Å². The number of aromatic nitrogens is 2. The maximum atomic E-state index is 12.5. The number of carbonyl (C=O) groups excluding carboxylic acids is 1. The van der Waals surface area contributed by atoms with Gasteiger partial charge >= 0.3 is 0 Å².